The lowest BCUT2D eigenvalue weighted by Gasteiger charge is -2.06. The van der Waals surface area contributed by atoms with Gasteiger partial charge >= 0.3 is 5.69 Å². The van der Waals surface area contributed by atoms with Crippen LogP contribution in [0, 0.1) is 28.4 Å². The lowest BCUT2D eigenvalue weighted by molar-refractivity contribution is -0.386. The molecule has 0 aliphatic rings. The van der Waals surface area contributed by atoms with Crippen molar-refractivity contribution in [1.82, 2.24) is 9.97 Å². The van der Waals surface area contributed by atoms with Crippen molar-refractivity contribution in [3.63, 3.8) is 0 Å². The molecule has 94 valence electrons. The monoisotopic (exact) mass is 256 g/mol. The summed E-state index contributed by atoms with van der Waals surface area (Å²) in [6.07, 6.45) is 2.80. The molecule has 0 radical (unpaired) electrons. The van der Waals surface area contributed by atoms with Gasteiger partial charge < -0.3 is 4.74 Å². The topological polar surface area (TPSA) is 102 Å². The van der Waals surface area contributed by atoms with E-state index in [0.29, 0.717) is 11.4 Å². The minimum Gasteiger partial charge on any atom is -0.432 e. The summed E-state index contributed by atoms with van der Waals surface area (Å²) in [5.74, 6) is 0.211. The summed E-state index contributed by atoms with van der Waals surface area (Å²) < 4.78 is 5.38. The van der Waals surface area contributed by atoms with Crippen molar-refractivity contribution in [2.24, 2.45) is 0 Å². The minimum atomic E-state index is -0.644. The zero-order valence-electron chi connectivity index (χ0n) is 9.90. The Labute approximate surface area is 108 Å². The van der Waals surface area contributed by atoms with Gasteiger partial charge in [0.05, 0.1) is 16.2 Å². The van der Waals surface area contributed by atoms with Gasteiger partial charge in [-0.25, -0.2) is 4.98 Å². The van der Waals surface area contributed by atoms with E-state index >= 15 is 0 Å². The first-order valence-corrected chi connectivity index (χ1v) is 5.26. The summed E-state index contributed by atoms with van der Waals surface area (Å²) in [6.45, 7) is 1.71. The Morgan fingerprint density at radius 3 is 2.89 bits per heavy atom. The number of rotatable bonds is 3. The van der Waals surface area contributed by atoms with Crippen LogP contribution in [0.5, 0.6) is 11.6 Å². The van der Waals surface area contributed by atoms with Gasteiger partial charge in [-0.3, -0.25) is 15.1 Å². The molecule has 0 N–H and O–H groups in total. The van der Waals surface area contributed by atoms with Crippen molar-refractivity contribution in [3.8, 4) is 17.7 Å². The summed E-state index contributed by atoms with van der Waals surface area (Å²) in [7, 11) is 0. The van der Waals surface area contributed by atoms with Crippen LogP contribution in [-0.2, 0) is 0 Å². The fourth-order valence-corrected chi connectivity index (χ4v) is 1.39. The Balaban J connectivity index is 2.43. The molecule has 7 heteroatoms. The van der Waals surface area contributed by atoms with Crippen molar-refractivity contribution in [1.29, 1.82) is 5.26 Å². The molecule has 0 saturated carbocycles. The average molecular weight is 256 g/mol. The zero-order valence-corrected chi connectivity index (χ0v) is 9.90. The molecule has 2 rings (SSSR count). The predicted octanol–water partition coefficient (Wildman–Crippen LogP) is 2.36. The van der Waals surface area contributed by atoms with E-state index in [4.69, 9.17) is 10.00 Å². The van der Waals surface area contributed by atoms with Gasteiger partial charge in [-0.15, -0.1) is 0 Å². The number of pyridine rings is 2. The molecule has 2 aromatic rings. The van der Waals surface area contributed by atoms with Crippen LogP contribution in [0.2, 0.25) is 0 Å². The molecule has 0 saturated heterocycles. The third-order valence-electron chi connectivity index (χ3n) is 2.32. The lowest BCUT2D eigenvalue weighted by Crippen LogP contribution is -1.98. The van der Waals surface area contributed by atoms with Crippen molar-refractivity contribution in [2.75, 3.05) is 0 Å². The standard InChI is InChI=1S/C12H8N4O3/c1-8-11(3-2-4-14-8)19-12-10(16(17)18)5-9(6-13)7-15-12/h2-5,7H,1H3. The molecule has 0 bridgehead atoms. The van der Waals surface area contributed by atoms with Crippen LogP contribution in [0.1, 0.15) is 11.3 Å². The van der Waals surface area contributed by atoms with Gasteiger partial charge in [-0.05, 0) is 19.1 Å². The fourth-order valence-electron chi connectivity index (χ4n) is 1.39. The normalized spacial score (nSPS) is 9.68. The molecule has 0 aromatic carbocycles. The molecule has 0 unspecified atom stereocenters. The van der Waals surface area contributed by atoms with Gasteiger partial charge in [0, 0.05) is 18.5 Å². The number of nitriles is 1. The first-order valence-electron chi connectivity index (χ1n) is 5.26. The van der Waals surface area contributed by atoms with E-state index in [1.807, 2.05) is 0 Å². The van der Waals surface area contributed by atoms with Gasteiger partial charge in [-0.2, -0.15) is 5.26 Å². The quantitative estimate of drug-likeness (QED) is 0.617. The van der Waals surface area contributed by atoms with E-state index in [9.17, 15) is 10.1 Å². The number of hydrogen-bond acceptors (Lipinski definition) is 6. The number of nitrogens with zero attached hydrogens (tertiary/aromatic N) is 4. The van der Waals surface area contributed by atoms with Gasteiger partial charge in [0.15, 0.2) is 5.75 Å². The molecular formula is C12H8N4O3. The van der Waals surface area contributed by atoms with Crippen LogP contribution in [0.3, 0.4) is 0 Å². The van der Waals surface area contributed by atoms with Gasteiger partial charge in [0.25, 0.3) is 5.88 Å². The third-order valence-corrected chi connectivity index (χ3v) is 2.32. The van der Waals surface area contributed by atoms with Crippen LogP contribution in [0.4, 0.5) is 5.69 Å². The molecule has 2 heterocycles. The molecular weight excluding hydrogens is 248 g/mol. The van der Waals surface area contributed by atoms with Crippen LogP contribution in [-0.4, -0.2) is 14.9 Å². The molecule has 19 heavy (non-hydrogen) atoms. The number of aryl methyl sites for hydroxylation is 1. The largest absolute Gasteiger partial charge is 0.432 e. The second kappa shape index (κ2) is 5.10. The summed E-state index contributed by atoms with van der Waals surface area (Å²) in [4.78, 5) is 18.1. The van der Waals surface area contributed by atoms with E-state index < -0.39 is 4.92 Å². The number of nitro groups is 1. The minimum absolute atomic E-state index is 0.0990. The van der Waals surface area contributed by atoms with Crippen molar-refractivity contribution < 1.29 is 9.66 Å². The molecule has 0 amide bonds. The molecule has 0 aliphatic carbocycles. The summed E-state index contributed by atoms with van der Waals surface area (Å²) in [5, 5.41) is 19.6. The fraction of sp³-hybridized carbons (Fsp3) is 0.0833. The van der Waals surface area contributed by atoms with Crippen molar-refractivity contribution in [3.05, 3.63) is 52.0 Å². The molecule has 0 aliphatic heterocycles. The lowest BCUT2D eigenvalue weighted by atomic mass is 10.3. The Morgan fingerprint density at radius 2 is 2.26 bits per heavy atom. The van der Waals surface area contributed by atoms with E-state index in [2.05, 4.69) is 9.97 Å². The maximum Gasteiger partial charge on any atom is 0.332 e. The Morgan fingerprint density at radius 1 is 1.47 bits per heavy atom. The molecule has 0 spiro atoms. The highest BCUT2D eigenvalue weighted by Gasteiger charge is 2.19. The van der Waals surface area contributed by atoms with Crippen LogP contribution < -0.4 is 4.74 Å². The smallest absolute Gasteiger partial charge is 0.332 e. The Bertz CT molecular complexity index is 679. The highest BCUT2D eigenvalue weighted by atomic mass is 16.6. The van der Waals surface area contributed by atoms with E-state index in [1.54, 1.807) is 31.3 Å². The zero-order chi connectivity index (χ0) is 13.8. The predicted molar refractivity (Wildman–Crippen MR) is 64.7 cm³/mol. The summed E-state index contributed by atoms with van der Waals surface area (Å²) >= 11 is 0. The van der Waals surface area contributed by atoms with Crippen molar-refractivity contribution >= 4 is 5.69 Å². The van der Waals surface area contributed by atoms with E-state index in [1.165, 1.54) is 6.20 Å². The molecule has 0 fully saturated rings. The van der Waals surface area contributed by atoms with Crippen LogP contribution in [0.25, 0.3) is 0 Å². The Hall–Kier alpha value is -3.01. The molecule has 7 nitrogen and oxygen atoms in total. The maximum absolute atomic E-state index is 10.9. The maximum atomic E-state index is 10.9. The summed E-state index contributed by atoms with van der Waals surface area (Å²) in [5.41, 5.74) is 0.326. The first kappa shape index (κ1) is 12.4. The van der Waals surface area contributed by atoms with Gasteiger partial charge in [-0.1, -0.05) is 0 Å². The number of ether oxygens (including phenoxy) is 1. The van der Waals surface area contributed by atoms with Gasteiger partial charge in [0.2, 0.25) is 0 Å². The third kappa shape index (κ3) is 2.63. The second-order valence-electron chi connectivity index (χ2n) is 3.61. The highest BCUT2D eigenvalue weighted by Crippen LogP contribution is 2.30. The highest BCUT2D eigenvalue weighted by molar-refractivity contribution is 5.48. The van der Waals surface area contributed by atoms with Crippen LogP contribution >= 0.6 is 0 Å². The number of hydrogen-bond donors (Lipinski definition) is 0. The molecule has 2 aromatic heterocycles. The first-order chi connectivity index (χ1) is 9.11. The SMILES string of the molecule is Cc1ncccc1Oc1ncc(C#N)cc1[N+](=O)[O-]. The summed E-state index contributed by atoms with van der Waals surface area (Å²) in [6, 6.07) is 6.19. The van der Waals surface area contributed by atoms with E-state index in [0.717, 1.165) is 6.07 Å². The Kier molecular flexibility index (Phi) is 3.34. The van der Waals surface area contributed by atoms with Gasteiger partial charge in [0.1, 0.15) is 6.07 Å². The van der Waals surface area contributed by atoms with Crippen LogP contribution in [0.15, 0.2) is 30.6 Å². The second-order valence-corrected chi connectivity index (χ2v) is 3.61. The van der Waals surface area contributed by atoms with E-state index in [-0.39, 0.29) is 17.1 Å². The average Bonchev–Trinajstić information content (AvgIpc) is 2.41. The number of aromatic nitrogens is 2. The molecule has 0 atom stereocenters. The van der Waals surface area contributed by atoms with Crippen molar-refractivity contribution in [2.45, 2.75) is 6.92 Å².